The van der Waals surface area contributed by atoms with Crippen LogP contribution in [0.2, 0.25) is 0 Å². The third-order valence-corrected chi connectivity index (χ3v) is 4.85. The number of hydrogen-bond donors (Lipinski definition) is 1. The molecule has 0 aliphatic heterocycles. The summed E-state index contributed by atoms with van der Waals surface area (Å²) in [5.41, 5.74) is 2.44. The molecular weight excluding hydrogens is 358 g/mol. The second-order valence-corrected chi connectivity index (χ2v) is 6.69. The van der Waals surface area contributed by atoms with Crippen molar-refractivity contribution >= 4 is 27.9 Å². The Balaban J connectivity index is 1.69. The summed E-state index contributed by atoms with van der Waals surface area (Å²) in [5.74, 6) is 0.481. The zero-order chi connectivity index (χ0) is 19.8. The van der Waals surface area contributed by atoms with E-state index in [4.69, 9.17) is 4.42 Å². The van der Waals surface area contributed by atoms with Gasteiger partial charge in [-0.25, -0.2) is 4.68 Å². The minimum absolute atomic E-state index is 0.290. The molecule has 0 saturated heterocycles. The average molecular weight is 379 g/mol. The van der Waals surface area contributed by atoms with Crippen LogP contribution >= 0.6 is 0 Å². The molecule has 0 aliphatic carbocycles. The van der Waals surface area contributed by atoms with Crippen molar-refractivity contribution in [2.45, 2.75) is 39.9 Å². The van der Waals surface area contributed by atoms with Gasteiger partial charge in [-0.3, -0.25) is 14.6 Å². The van der Waals surface area contributed by atoms with E-state index in [9.17, 15) is 9.59 Å². The maximum Gasteiger partial charge on any atom is 0.292 e. The number of nitrogens with zero attached hydrogens (tertiary/aromatic N) is 4. The Bertz CT molecular complexity index is 1220. The molecule has 0 aromatic carbocycles. The number of rotatable bonds is 5. The maximum absolute atomic E-state index is 13.1. The second-order valence-electron chi connectivity index (χ2n) is 6.69. The molecule has 1 unspecified atom stereocenters. The summed E-state index contributed by atoms with van der Waals surface area (Å²) < 4.78 is 8.88. The second kappa shape index (κ2) is 6.95. The lowest BCUT2D eigenvalue weighted by Crippen LogP contribution is -2.37. The smallest absolute Gasteiger partial charge is 0.292 e. The number of fused-ring (bicyclic) bond motifs is 3. The number of amides is 1. The van der Waals surface area contributed by atoms with Crippen molar-refractivity contribution < 1.29 is 9.21 Å². The van der Waals surface area contributed by atoms with Gasteiger partial charge >= 0.3 is 0 Å². The van der Waals surface area contributed by atoms with Gasteiger partial charge in [0, 0.05) is 18.8 Å². The normalized spacial score (nSPS) is 12.5. The van der Waals surface area contributed by atoms with Crippen molar-refractivity contribution in [1.82, 2.24) is 24.6 Å². The fourth-order valence-corrected chi connectivity index (χ4v) is 3.44. The molecule has 0 bridgehead atoms. The van der Waals surface area contributed by atoms with Crippen molar-refractivity contribution in [3.05, 3.63) is 58.5 Å². The topological polar surface area (TPSA) is 94.9 Å². The first-order chi connectivity index (χ1) is 13.5. The number of furan rings is 1. The molecule has 1 N–H and O–H groups in total. The standard InChI is InChI=1S/C20H21N5O3/c1-4-24-16-9-12(2)28-18(16)15-11-23-25(20(27)17(15)24)13(3)19(26)22-10-14-7-5-6-8-21-14/h5-9,11,13H,4,10H2,1-3H3,(H,22,26). The first-order valence-electron chi connectivity index (χ1n) is 9.19. The number of aryl methyl sites for hydroxylation is 2. The third-order valence-electron chi connectivity index (χ3n) is 4.85. The Morgan fingerprint density at radius 2 is 2.18 bits per heavy atom. The van der Waals surface area contributed by atoms with Gasteiger partial charge in [0.2, 0.25) is 5.91 Å². The van der Waals surface area contributed by atoms with Crippen LogP contribution in [0.25, 0.3) is 22.0 Å². The van der Waals surface area contributed by atoms with Crippen molar-refractivity contribution in [2.24, 2.45) is 0 Å². The zero-order valence-electron chi connectivity index (χ0n) is 16.0. The van der Waals surface area contributed by atoms with Gasteiger partial charge in [-0.1, -0.05) is 6.07 Å². The fraction of sp³-hybridized carbons (Fsp3) is 0.300. The van der Waals surface area contributed by atoms with Gasteiger partial charge in [0.15, 0.2) is 5.58 Å². The van der Waals surface area contributed by atoms with E-state index in [1.54, 1.807) is 19.3 Å². The molecule has 0 aliphatic rings. The molecule has 4 aromatic rings. The van der Waals surface area contributed by atoms with Crippen LogP contribution in [0.5, 0.6) is 0 Å². The Labute approximate surface area is 160 Å². The van der Waals surface area contributed by atoms with Crippen molar-refractivity contribution in [3.8, 4) is 0 Å². The van der Waals surface area contributed by atoms with Crippen molar-refractivity contribution in [2.75, 3.05) is 0 Å². The van der Waals surface area contributed by atoms with Crippen LogP contribution in [0.15, 0.2) is 45.9 Å². The summed E-state index contributed by atoms with van der Waals surface area (Å²) in [4.78, 5) is 29.9. The first kappa shape index (κ1) is 18.0. The Hall–Kier alpha value is -3.42. The Morgan fingerprint density at radius 1 is 1.36 bits per heavy atom. The van der Waals surface area contributed by atoms with Crippen LogP contribution in [-0.4, -0.2) is 25.2 Å². The summed E-state index contributed by atoms with van der Waals surface area (Å²) in [5, 5.41) is 7.71. The Morgan fingerprint density at radius 3 is 2.89 bits per heavy atom. The third kappa shape index (κ3) is 2.87. The molecule has 1 amide bonds. The molecule has 0 saturated carbocycles. The Kier molecular flexibility index (Phi) is 4.46. The SMILES string of the molecule is CCn1c2cc(C)oc2c2cnn(C(C)C(=O)NCc3ccccn3)c(=O)c21. The molecule has 8 heteroatoms. The molecule has 0 radical (unpaired) electrons. The number of aromatic nitrogens is 4. The van der Waals surface area contributed by atoms with Gasteiger partial charge in [0.25, 0.3) is 5.56 Å². The summed E-state index contributed by atoms with van der Waals surface area (Å²) >= 11 is 0. The van der Waals surface area contributed by atoms with Gasteiger partial charge in [-0.2, -0.15) is 5.10 Å². The predicted octanol–water partition coefficient (Wildman–Crippen LogP) is 2.54. The number of carbonyl (C=O) groups is 1. The van der Waals surface area contributed by atoms with Gasteiger partial charge < -0.3 is 14.3 Å². The van der Waals surface area contributed by atoms with Gasteiger partial charge in [0.1, 0.15) is 17.3 Å². The number of hydrogen-bond acceptors (Lipinski definition) is 5. The van der Waals surface area contributed by atoms with E-state index in [1.807, 2.05) is 42.7 Å². The van der Waals surface area contributed by atoms with Crippen LogP contribution in [0.3, 0.4) is 0 Å². The molecule has 4 rings (SSSR count). The van der Waals surface area contributed by atoms with Crippen LogP contribution in [0, 0.1) is 6.92 Å². The monoisotopic (exact) mass is 379 g/mol. The van der Waals surface area contributed by atoms with E-state index < -0.39 is 6.04 Å². The van der Waals surface area contributed by atoms with E-state index in [0.717, 1.165) is 17.0 Å². The van der Waals surface area contributed by atoms with Crippen LogP contribution in [-0.2, 0) is 17.9 Å². The highest BCUT2D eigenvalue weighted by Gasteiger charge is 2.23. The average Bonchev–Trinajstić information content (AvgIpc) is 3.22. The van der Waals surface area contributed by atoms with Gasteiger partial charge in [-0.15, -0.1) is 0 Å². The summed E-state index contributed by atoms with van der Waals surface area (Å²) in [7, 11) is 0. The van der Waals surface area contributed by atoms with Crippen molar-refractivity contribution in [3.63, 3.8) is 0 Å². The predicted molar refractivity (Wildman–Crippen MR) is 105 cm³/mol. The number of nitrogens with one attached hydrogen (secondary N) is 1. The molecule has 144 valence electrons. The molecule has 1 atom stereocenters. The van der Waals surface area contributed by atoms with Crippen LogP contribution in [0.1, 0.15) is 31.3 Å². The lowest BCUT2D eigenvalue weighted by molar-refractivity contribution is -0.124. The maximum atomic E-state index is 13.1. The quantitative estimate of drug-likeness (QED) is 0.575. The first-order valence-corrected chi connectivity index (χ1v) is 9.19. The largest absolute Gasteiger partial charge is 0.459 e. The van der Waals surface area contributed by atoms with Crippen molar-refractivity contribution in [1.29, 1.82) is 0 Å². The number of carbonyl (C=O) groups excluding carboxylic acids is 1. The highest BCUT2D eigenvalue weighted by molar-refractivity contribution is 6.04. The minimum Gasteiger partial charge on any atom is -0.459 e. The molecule has 0 fully saturated rings. The van der Waals surface area contributed by atoms with E-state index in [2.05, 4.69) is 15.4 Å². The molecule has 0 spiro atoms. The highest BCUT2D eigenvalue weighted by Crippen LogP contribution is 2.29. The van der Waals surface area contributed by atoms with Gasteiger partial charge in [-0.05, 0) is 32.9 Å². The fourth-order valence-electron chi connectivity index (χ4n) is 3.44. The van der Waals surface area contributed by atoms with Crippen LogP contribution < -0.4 is 10.9 Å². The lowest BCUT2D eigenvalue weighted by atomic mass is 10.3. The molecule has 4 heterocycles. The van der Waals surface area contributed by atoms with E-state index >= 15 is 0 Å². The number of pyridine rings is 1. The molecule has 28 heavy (non-hydrogen) atoms. The van der Waals surface area contributed by atoms with Gasteiger partial charge in [0.05, 0.1) is 29.3 Å². The van der Waals surface area contributed by atoms with E-state index in [0.29, 0.717) is 29.6 Å². The molecular formula is C20H21N5O3. The zero-order valence-corrected chi connectivity index (χ0v) is 16.0. The van der Waals surface area contributed by atoms with E-state index in [-0.39, 0.29) is 11.5 Å². The minimum atomic E-state index is -0.756. The van der Waals surface area contributed by atoms with E-state index in [1.165, 1.54) is 4.68 Å². The molecule has 4 aromatic heterocycles. The molecule has 8 nitrogen and oxygen atoms in total. The summed E-state index contributed by atoms with van der Waals surface area (Å²) in [6, 6.07) is 6.65. The van der Waals surface area contributed by atoms with Crippen LogP contribution in [0.4, 0.5) is 0 Å². The summed E-state index contributed by atoms with van der Waals surface area (Å²) in [6.45, 7) is 6.39. The summed E-state index contributed by atoms with van der Waals surface area (Å²) in [6.07, 6.45) is 3.26. The highest BCUT2D eigenvalue weighted by atomic mass is 16.3. The lowest BCUT2D eigenvalue weighted by Gasteiger charge is -2.14.